The van der Waals surface area contributed by atoms with Crippen LogP contribution in [0.2, 0.25) is 0 Å². The van der Waals surface area contributed by atoms with Crippen molar-refractivity contribution in [3.05, 3.63) is 29.1 Å². The number of amides is 1. The van der Waals surface area contributed by atoms with E-state index >= 15 is 0 Å². The third-order valence-corrected chi connectivity index (χ3v) is 4.96. The van der Waals surface area contributed by atoms with Crippen LogP contribution in [0.1, 0.15) is 35.9 Å². The molecule has 0 radical (unpaired) electrons. The third kappa shape index (κ3) is 2.52. The fourth-order valence-electron chi connectivity index (χ4n) is 2.53. The van der Waals surface area contributed by atoms with Crippen molar-refractivity contribution in [3.8, 4) is 0 Å². The molecule has 1 fully saturated rings. The topological polar surface area (TPSA) is 46.3 Å². The van der Waals surface area contributed by atoms with Crippen LogP contribution in [0, 0.1) is 5.92 Å². The first-order valence-corrected chi connectivity index (χ1v) is 8.08. The van der Waals surface area contributed by atoms with Crippen LogP contribution >= 0.6 is 11.3 Å². The zero-order valence-electron chi connectivity index (χ0n) is 11.8. The summed E-state index contributed by atoms with van der Waals surface area (Å²) < 4.78 is 1.09. The second kappa shape index (κ2) is 5.44. The predicted molar refractivity (Wildman–Crippen MR) is 85.2 cm³/mol. The minimum absolute atomic E-state index is 0.109. The number of nitrogens with zero attached hydrogens (tertiary/aromatic N) is 1. The maximum atomic E-state index is 12.7. The Hall–Kier alpha value is -1.55. The number of carbonyl (C=O) groups excluding carboxylic acids is 1. The fraction of sp³-hybridized carbons (Fsp3) is 0.438. The number of fused-ring (bicyclic) bond motifs is 1. The van der Waals surface area contributed by atoms with E-state index < -0.39 is 0 Å². The Morgan fingerprint density at radius 3 is 2.80 bits per heavy atom. The van der Waals surface area contributed by atoms with Crippen LogP contribution in [0.25, 0.3) is 10.1 Å². The highest BCUT2D eigenvalue weighted by Gasteiger charge is 2.28. The zero-order chi connectivity index (χ0) is 14.1. The smallest absolute Gasteiger partial charge is 0.266 e. The molecule has 4 heteroatoms. The molecule has 20 heavy (non-hydrogen) atoms. The molecule has 2 N–H and O–H groups in total. The summed E-state index contributed by atoms with van der Waals surface area (Å²) >= 11 is 1.52. The summed E-state index contributed by atoms with van der Waals surface area (Å²) in [6.45, 7) is 3.82. The molecule has 3 rings (SSSR count). The van der Waals surface area contributed by atoms with Gasteiger partial charge in [-0.3, -0.25) is 4.79 Å². The average Bonchev–Trinajstić information content (AvgIpc) is 3.21. The highest BCUT2D eigenvalue weighted by molar-refractivity contribution is 7.21. The van der Waals surface area contributed by atoms with E-state index in [2.05, 4.69) is 6.92 Å². The first kappa shape index (κ1) is 13.4. The monoisotopic (exact) mass is 288 g/mol. The van der Waals surface area contributed by atoms with Crippen molar-refractivity contribution >= 4 is 33.0 Å². The number of hydrogen-bond donors (Lipinski definition) is 1. The minimum atomic E-state index is 0.109. The standard InChI is InChI=1S/C16H20N2OS/c1-2-9-18(10-11-7-8-11)16(19)15-14(17)12-5-3-4-6-13(12)20-15/h3-6,11H,2,7-10,17H2,1H3. The third-order valence-electron chi connectivity index (χ3n) is 3.78. The summed E-state index contributed by atoms with van der Waals surface area (Å²) in [5.41, 5.74) is 6.83. The largest absolute Gasteiger partial charge is 0.397 e. The van der Waals surface area contributed by atoms with Crippen molar-refractivity contribution in [1.29, 1.82) is 0 Å². The van der Waals surface area contributed by atoms with E-state index in [9.17, 15) is 4.79 Å². The van der Waals surface area contributed by atoms with Gasteiger partial charge < -0.3 is 10.6 Å². The number of hydrogen-bond acceptors (Lipinski definition) is 3. The molecule has 1 aromatic heterocycles. The Bertz CT molecular complexity index is 630. The Morgan fingerprint density at radius 1 is 1.40 bits per heavy atom. The molecule has 0 spiro atoms. The van der Waals surface area contributed by atoms with Crippen LogP contribution < -0.4 is 5.73 Å². The summed E-state index contributed by atoms with van der Waals surface area (Å²) in [6.07, 6.45) is 3.51. The lowest BCUT2D eigenvalue weighted by atomic mass is 10.2. The van der Waals surface area contributed by atoms with Gasteiger partial charge in [0.25, 0.3) is 5.91 Å². The van der Waals surface area contributed by atoms with Crippen LogP contribution in [0.4, 0.5) is 5.69 Å². The Morgan fingerprint density at radius 2 is 2.15 bits per heavy atom. The zero-order valence-corrected chi connectivity index (χ0v) is 12.6. The van der Waals surface area contributed by atoms with Gasteiger partial charge in [-0.15, -0.1) is 11.3 Å². The van der Waals surface area contributed by atoms with Crippen molar-refractivity contribution in [2.45, 2.75) is 26.2 Å². The number of rotatable bonds is 5. The van der Waals surface area contributed by atoms with E-state index in [1.54, 1.807) is 0 Å². The van der Waals surface area contributed by atoms with Crippen molar-refractivity contribution in [1.82, 2.24) is 4.90 Å². The van der Waals surface area contributed by atoms with Gasteiger partial charge in [0, 0.05) is 23.2 Å². The number of anilines is 1. The Kier molecular flexibility index (Phi) is 3.66. The number of nitrogens with two attached hydrogens (primary N) is 1. The summed E-state index contributed by atoms with van der Waals surface area (Å²) in [5.74, 6) is 0.818. The van der Waals surface area contributed by atoms with Crippen molar-refractivity contribution in [3.63, 3.8) is 0 Å². The van der Waals surface area contributed by atoms with E-state index in [4.69, 9.17) is 5.73 Å². The highest BCUT2D eigenvalue weighted by Crippen LogP contribution is 2.35. The van der Waals surface area contributed by atoms with Gasteiger partial charge in [-0.25, -0.2) is 0 Å². The number of thiophene rings is 1. The van der Waals surface area contributed by atoms with Gasteiger partial charge in [-0.05, 0) is 31.2 Å². The molecule has 2 aromatic rings. The normalized spacial score (nSPS) is 14.7. The van der Waals surface area contributed by atoms with E-state index in [1.807, 2.05) is 29.2 Å². The maximum absolute atomic E-state index is 12.7. The van der Waals surface area contributed by atoms with Crippen molar-refractivity contribution in [2.24, 2.45) is 5.92 Å². The molecule has 106 valence electrons. The molecule has 0 atom stereocenters. The molecular weight excluding hydrogens is 268 g/mol. The first-order chi connectivity index (χ1) is 9.70. The van der Waals surface area contributed by atoms with Gasteiger partial charge in [0.05, 0.1) is 5.69 Å². The number of nitrogen functional groups attached to an aromatic ring is 1. The molecule has 0 saturated heterocycles. The molecule has 3 nitrogen and oxygen atoms in total. The molecule has 0 unspecified atom stereocenters. The summed E-state index contributed by atoms with van der Waals surface area (Å²) in [5, 5.41) is 1.00. The Labute approximate surface area is 123 Å². The quantitative estimate of drug-likeness (QED) is 0.911. The molecule has 1 amide bonds. The number of carbonyl (C=O) groups is 1. The van der Waals surface area contributed by atoms with Crippen LogP contribution in [-0.2, 0) is 0 Å². The molecule has 1 aliphatic rings. The summed E-state index contributed by atoms with van der Waals surface area (Å²) in [4.78, 5) is 15.4. The molecule has 1 heterocycles. The summed E-state index contributed by atoms with van der Waals surface area (Å²) in [6, 6.07) is 7.97. The minimum Gasteiger partial charge on any atom is -0.397 e. The van der Waals surface area contributed by atoms with Gasteiger partial charge in [0.1, 0.15) is 4.88 Å². The number of benzene rings is 1. The molecule has 0 bridgehead atoms. The van der Waals surface area contributed by atoms with Gasteiger partial charge >= 0.3 is 0 Å². The van der Waals surface area contributed by atoms with Gasteiger partial charge in [0.15, 0.2) is 0 Å². The highest BCUT2D eigenvalue weighted by atomic mass is 32.1. The predicted octanol–water partition coefficient (Wildman–Crippen LogP) is 3.75. The Balaban J connectivity index is 1.91. The summed E-state index contributed by atoms with van der Waals surface area (Å²) in [7, 11) is 0. The van der Waals surface area contributed by atoms with E-state index in [1.165, 1.54) is 24.2 Å². The molecule has 0 aliphatic heterocycles. The average molecular weight is 288 g/mol. The van der Waals surface area contributed by atoms with Crippen LogP contribution in [0.3, 0.4) is 0 Å². The molecular formula is C16H20N2OS. The lowest BCUT2D eigenvalue weighted by molar-refractivity contribution is 0.0753. The van der Waals surface area contributed by atoms with Crippen LogP contribution in [-0.4, -0.2) is 23.9 Å². The van der Waals surface area contributed by atoms with Crippen molar-refractivity contribution in [2.75, 3.05) is 18.8 Å². The SMILES string of the molecule is CCCN(CC1CC1)C(=O)c1sc2ccccc2c1N. The second-order valence-electron chi connectivity index (χ2n) is 5.54. The van der Waals surface area contributed by atoms with E-state index in [0.717, 1.165) is 29.6 Å². The first-order valence-electron chi connectivity index (χ1n) is 7.27. The molecule has 1 aliphatic carbocycles. The van der Waals surface area contributed by atoms with Crippen LogP contribution in [0.5, 0.6) is 0 Å². The maximum Gasteiger partial charge on any atom is 0.266 e. The van der Waals surface area contributed by atoms with Crippen molar-refractivity contribution < 1.29 is 4.79 Å². The lowest BCUT2D eigenvalue weighted by Gasteiger charge is -2.21. The lowest BCUT2D eigenvalue weighted by Crippen LogP contribution is -2.33. The fourth-order valence-corrected chi connectivity index (χ4v) is 3.62. The van der Waals surface area contributed by atoms with Gasteiger partial charge in [-0.1, -0.05) is 25.1 Å². The van der Waals surface area contributed by atoms with Gasteiger partial charge in [-0.2, -0.15) is 0 Å². The van der Waals surface area contributed by atoms with Crippen LogP contribution in [0.15, 0.2) is 24.3 Å². The van der Waals surface area contributed by atoms with E-state index in [-0.39, 0.29) is 5.91 Å². The molecule has 1 saturated carbocycles. The van der Waals surface area contributed by atoms with E-state index in [0.29, 0.717) is 16.5 Å². The second-order valence-corrected chi connectivity index (χ2v) is 6.59. The van der Waals surface area contributed by atoms with Gasteiger partial charge in [0.2, 0.25) is 0 Å². The molecule has 1 aromatic carbocycles.